The summed E-state index contributed by atoms with van der Waals surface area (Å²) in [6.45, 7) is 12.9. The van der Waals surface area contributed by atoms with Gasteiger partial charge in [0.05, 0.1) is 18.2 Å². The van der Waals surface area contributed by atoms with E-state index in [2.05, 4.69) is 19.2 Å². The number of nitrogens with one attached hydrogen (secondary N) is 1. The van der Waals surface area contributed by atoms with Crippen LogP contribution in [0.3, 0.4) is 0 Å². The van der Waals surface area contributed by atoms with E-state index in [4.69, 9.17) is 28.4 Å². The zero-order chi connectivity index (χ0) is 41.1. The summed E-state index contributed by atoms with van der Waals surface area (Å²) in [5.41, 5.74) is -0.284. The van der Waals surface area contributed by atoms with Crippen molar-refractivity contribution in [1.29, 1.82) is 0 Å². The number of aliphatic hydroxyl groups is 1. The van der Waals surface area contributed by atoms with E-state index >= 15 is 0 Å². The van der Waals surface area contributed by atoms with Gasteiger partial charge in [-0.2, -0.15) is 0 Å². The molecular weight excluding hydrogens is 722 g/mol. The molecule has 13 heteroatoms. The van der Waals surface area contributed by atoms with Gasteiger partial charge in [0.25, 0.3) is 0 Å². The average Bonchev–Trinajstić information content (AvgIpc) is 3.63. The predicted molar refractivity (Wildman–Crippen MR) is 207 cm³/mol. The van der Waals surface area contributed by atoms with Gasteiger partial charge in [-0.05, 0) is 69.9 Å². The van der Waals surface area contributed by atoms with Crippen molar-refractivity contribution in [3.63, 3.8) is 0 Å². The number of carbonyl (C=O) groups excluding carboxylic acids is 5. The van der Waals surface area contributed by atoms with Gasteiger partial charge in [0.1, 0.15) is 30.5 Å². The second-order valence-electron chi connectivity index (χ2n) is 16.7. The Morgan fingerprint density at radius 3 is 2.32 bits per heavy atom. The fourth-order valence-corrected chi connectivity index (χ4v) is 7.00. The Morgan fingerprint density at radius 1 is 1.02 bits per heavy atom. The molecule has 310 valence electrons. The third-order valence-electron chi connectivity index (χ3n) is 10.0. The van der Waals surface area contributed by atoms with Crippen LogP contribution in [-0.4, -0.2) is 90.0 Å². The highest BCUT2D eigenvalue weighted by Gasteiger charge is 2.52. The van der Waals surface area contributed by atoms with Gasteiger partial charge < -0.3 is 38.8 Å². The Morgan fingerprint density at radius 2 is 1.71 bits per heavy atom. The summed E-state index contributed by atoms with van der Waals surface area (Å²) in [5.74, 6) is -3.79. The molecular formula is C43H61NO12. The minimum Gasteiger partial charge on any atom is -0.462 e. The summed E-state index contributed by atoms with van der Waals surface area (Å²) in [4.78, 5) is 64.5. The van der Waals surface area contributed by atoms with Gasteiger partial charge in [-0.25, -0.2) is 14.4 Å². The summed E-state index contributed by atoms with van der Waals surface area (Å²) in [6, 6.07) is 5.78. The van der Waals surface area contributed by atoms with E-state index in [9.17, 15) is 29.1 Å². The van der Waals surface area contributed by atoms with Crippen molar-refractivity contribution in [2.45, 2.75) is 161 Å². The summed E-state index contributed by atoms with van der Waals surface area (Å²) < 4.78 is 35.3. The molecule has 0 bridgehead atoms. The quantitative estimate of drug-likeness (QED) is 0.0696. The van der Waals surface area contributed by atoms with E-state index in [0.29, 0.717) is 24.0 Å². The van der Waals surface area contributed by atoms with Gasteiger partial charge >= 0.3 is 23.9 Å². The molecule has 13 nitrogen and oxygen atoms in total. The summed E-state index contributed by atoms with van der Waals surface area (Å²) in [6.07, 6.45) is 8.42. The van der Waals surface area contributed by atoms with Gasteiger partial charge in [0, 0.05) is 42.7 Å². The lowest BCUT2D eigenvalue weighted by Gasteiger charge is -2.31. The first-order chi connectivity index (χ1) is 26.5. The van der Waals surface area contributed by atoms with E-state index in [1.165, 1.54) is 12.2 Å². The molecule has 1 aliphatic carbocycles. The standard InChI is InChI=1S/C43H61NO12/c1-8-10-12-21-43(22-13-11-9-2)54-33-25-30(38(48)44-31(26-45)18-20-35(47)55-41(3,4)5)24-32(36(33)56-43)52-39(49)29-16-14-15-28(23-29)17-19-34(46)53-37-40(50)51-27-42(37,6)7/h14-17,19,23,25,31-33,36-37,45H,8-13,18,20-22,24,26-27H2,1-7H3,(H,44,48). The number of hydrogen-bond donors (Lipinski definition) is 2. The first-order valence-electron chi connectivity index (χ1n) is 20.0. The maximum absolute atomic E-state index is 13.8. The van der Waals surface area contributed by atoms with Crippen LogP contribution in [0.1, 0.15) is 135 Å². The molecule has 0 saturated carbocycles. The molecule has 3 aliphatic rings. The van der Waals surface area contributed by atoms with Crippen molar-refractivity contribution < 1.29 is 57.5 Å². The lowest BCUT2D eigenvalue weighted by molar-refractivity contribution is -0.190. The highest BCUT2D eigenvalue weighted by atomic mass is 16.8. The maximum atomic E-state index is 13.8. The van der Waals surface area contributed by atoms with E-state index in [-0.39, 0.29) is 31.4 Å². The van der Waals surface area contributed by atoms with Crippen LogP contribution in [0.15, 0.2) is 42.0 Å². The van der Waals surface area contributed by atoms with Gasteiger partial charge in [0.15, 0.2) is 5.79 Å². The summed E-state index contributed by atoms with van der Waals surface area (Å²) in [5, 5.41) is 12.9. The number of unbranched alkanes of at least 4 members (excludes halogenated alkanes) is 4. The van der Waals surface area contributed by atoms with Crippen LogP contribution in [-0.2, 0) is 47.6 Å². The summed E-state index contributed by atoms with van der Waals surface area (Å²) >= 11 is 0. The second-order valence-corrected chi connectivity index (χ2v) is 16.7. The number of esters is 4. The molecule has 2 saturated heterocycles. The van der Waals surface area contributed by atoms with E-state index in [1.807, 2.05) is 0 Å². The molecule has 1 amide bonds. The molecule has 0 aromatic heterocycles. The van der Waals surface area contributed by atoms with E-state index in [0.717, 1.165) is 38.5 Å². The van der Waals surface area contributed by atoms with Crippen LogP contribution in [0.2, 0.25) is 0 Å². The van der Waals surface area contributed by atoms with Crippen molar-refractivity contribution in [3.05, 3.63) is 53.1 Å². The van der Waals surface area contributed by atoms with Gasteiger partial charge in [0.2, 0.25) is 12.0 Å². The van der Waals surface area contributed by atoms with Crippen LogP contribution in [0.4, 0.5) is 0 Å². The Kier molecular flexibility index (Phi) is 15.8. The molecule has 56 heavy (non-hydrogen) atoms. The number of benzene rings is 1. The molecule has 4 rings (SSSR count). The SMILES string of the molecule is CCCCCC1(CCCCC)OC2C=C(C(=O)NC(CO)CCC(=O)OC(C)(C)C)CC(OC(=O)c3cccc(C=CC(=O)OC4C(=O)OCC4(C)C)c3)C2O1. The van der Waals surface area contributed by atoms with Crippen molar-refractivity contribution in [2.24, 2.45) is 5.41 Å². The fraction of sp³-hybridized carbons (Fsp3) is 0.651. The first-order valence-corrected chi connectivity index (χ1v) is 20.0. The number of hydrogen-bond acceptors (Lipinski definition) is 12. The lowest BCUT2D eigenvalue weighted by atomic mass is 9.90. The predicted octanol–water partition coefficient (Wildman–Crippen LogP) is 6.29. The van der Waals surface area contributed by atoms with Gasteiger partial charge in [-0.3, -0.25) is 9.59 Å². The number of amides is 1. The topological polar surface area (TPSA) is 173 Å². The number of aliphatic hydroxyl groups excluding tert-OH is 1. The number of ether oxygens (including phenoxy) is 6. The lowest BCUT2D eigenvalue weighted by Crippen LogP contribution is -2.45. The average molecular weight is 784 g/mol. The van der Waals surface area contributed by atoms with Crippen molar-refractivity contribution in [3.8, 4) is 0 Å². The van der Waals surface area contributed by atoms with Crippen molar-refractivity contribution in [2.75, 3.05) is 13.2 Å². The molecule has 1 aromatic rings. The molecule has 5 atom stereocenters. The molecule has 2 aliphatic heterocycles. The molecule has 0 spiro atoms. The van der Waals surface area contributed by atoms with Crippen LogP contribution in [0, 0.1) is 5.41 Å². The minimum atomic E-state index is -1.02. The van der Waals surface area contributed by atoms with E-state index in [1.54, 1.807) is 65.0 Å². The van der Waals surface area contributed by atoms with Crippen LogP contribution in [0.25, 0.3) is 6.08 Å². The van der Waals surface area contributed by atoms with Gasteiger partial charge in [-0.1, -0.05) is 65.5 Å². The number of fused-ring (bicyclic) bond motifs is 1. The molecule has 2 fully saturated rings. The third kappa shape index (κ3) is 12.7. The fourth-order valence-electron chi connectivity index (χ4n) is 7.00. The molecule has 5 unspecified atom stereocenters. The summed E-state index contributed by atoms with van der Waals surface area (Å²) in [7, 11) is 0. The Balaban J connectivity index is 1.52. The maximum Gasteiger partial charge on any atom is 0.348 e. The zero-order valence-corrected chi connectivity index (χ0v) is 34.1. The highest BCUT2D eigenvalue weighted by molar-refractivity contribution is 5.95. The van der Waals surface area contributed by atoms with Crippen molar-refractivity contribution in [1.82, 2.24) is 5.32 Å². The number of carbonyl (C=O) groups is 5. The first kappa shape index (κ1) is 44.6. The molecule has 2 N–H and O–H groups in total. The smallest absolute Gasteiger partial charge is 0.348 e. The Bertz CT molecular complexity index is 1600. The largest absolute Gasteiger partial charge is 0.462 e. The van der Waals surface area contributed by atoms with Crippen molar-refractivity contribution >= 4 is 35.9 Å². The van der Waals surface area contributed by atoms with E-state index < -0.39 is 83.7 Å². The number of cyclic esters (lactones) is 1. The second kappa shape index (κ2) is 19.9. The monoisotopic (exact) mass is 783 g/mol. The molecule has 1 aromatic carbocycles. The Hall–Kier alpha value is -4.07. The van der Waals surface area contributed by atoms with Gasteiger partial charge in [-0.15, -0.1) is 0 Å². The zero-order valence-electron chi connectivity index (χ0n) is 34.1. The van der Waals surface area contributed by atoms with Crippen LogP contribution < -0.4 is 5.32 Å². The van der Waals surface area contributed by atoms with Crippen LogP contribution >= 0.6 is 0 Å². The molecule has 2 heterocycles. The highest BCUT2D eigenvalue weighted by Crippen LogP contribution is 2.43. The Labute approximate surface area is 330 Å². The third-order valence-corrected chi connectivity index (χ3v) is 10.0. The normalized spacial score (nSPS) is 23.1. The minimum absolute atomic E-state index is 0.00448. The molecule has 0 radical (unpaired) electrons. The number of rotatable bonds is 19. The van der Waals surface area contributed by atoms with Crippen LogP contribution in [0.5, 0.6) is 0 Å².